The second kappa shape index (κ2) is 5.09. The van der Waals surface area contributed by atoms with E-state index in [2.05, 4.69) is 26.2 Å². The molecular formula is C15H11BrFN3. The quantitative estimate of drug-likeness (QED) is 0.681. The van der Waals surface area contributed by atoms with E-state index >= 15 is 0 Å². The summed E-state index contributed by atoms with van der Waals surface area (Å²) in [5.74, 6) is -0.292. The number of rotatable bonds is 2. The van der Waals surface area contributed by atoms with Crippen LogP contribution in [0.5, 0.6) is 0 Å². The first-order chi connectivity index (χ1) is 9.65. The Labute approximate surface area is 123 Å². The fourth-order valence-electron chi connectivity index (χ4n) is 2.03. The van der Waals surface area contributed by atoms with E-state index in [4.69, 9.17) is 5.73 Å². The second-order valence-electron chi connectivity index (χ2n) is 4.36. The summed E-state index contributed by atoms with van der Waals surface area (Å²) in [6, 6.07) is 12.3. The van der Waals surface area contributed by atoms with Gasteiger partial charge in [0, 0.05) is 23.0 Å². The van der Waals surface area contributed by atoms with Crippen LogP contribution < -0.4 is 11.1 Å². The Morgan fingerprint density at radius 3 is 2.80 bits per heavy atom. The van der Waals surface area contributed by atoms with Crippen LogP contribution in [0.25, 0.3) is 10.9 Å². The summed E-state index contributed by atoms with van der Waals surface area (Å²) in [5, 5.41) is 4.17. The van der Waals surface area contributed by atoms with Crippen molar-refractivity contribution in [2.24, 2.45) is 0 Å². The Bertz CT molecular complexity index is 789. The van der Waals surface area contributed by atoms with Gasteiger partial charge >= 0.3 is 0 Å². The van der Waals surface area contributed by atoms with Crippen LogP contribution in [0.15, 0.2) is 53.1 Å². The van der Waals surface area contributed by atoms with Gasteiger partial charge in [0.15, 0.2) is 0 Å². The molecule has 1 heterocycles. The number of nitrogens with two attached hydrogens (primary N) is 1. The highest BCUT2D eigenvalue weighted by atomic mass is 79.9. The lowest BCUT2D eigenvalue weighted by molar-refractivity contribution is 0.621. The maximum Gasteiger partial charge on any atom is 0.137 e. The summed E-state index contributed by atoms with van der Waals surface area (Å²) in [6.45, 7) is 0. The summed E-state index contributed by atoms with van der Waals surface area (Å²) in [5.41, 5.74) is 8.96. The molecule has 0 bridgehead atoms. The highest BCUT2D eigenvalue weighted by molar-refractivity contribution is 9.10. The third kappa shape index (κ3) is 2.32. The zero-order valence-electron chi connectivity index (χ0n) is 10.4. The van der Waals surface area contributed by atoms with Crippen LogP contribution in [0.1, 0.15) is 0 Å². The van der Waals surface area contributed by atoms with E-state index in [1.54, 1.807) is 24.4 Å². The molecule has 0 saturated carbocycles. The van der Waals surface area contributed by atoms with Crippen LogP contribution in [-0.2, 0) is 0 Å². The third-order valence-electron chi connectivity index (χ3n) is 3.00. The third-order valence-corrected chi connectivity index (χ3v) is 3.61. The molecule has 0 spiro atoms. The normalized spacial score (nSPS) is 10.7. The zero-order chi connectivity index (χ0) is 14.1. The van der Waals surface area contributed by atoms with Gasteiger partial charge in [0.1, 0.15) is 5.82 Å². The van der Waals surface area contributed by atoms with Crippen LogP contribution in [0, 0.1) is 5.82 Å². The maximum atomic E-state index is 13.2. The summed E-state index contributed by atoms with van der Waals surface area (Å²) < 4.78 is 13.7. The maximum absolute atomic E-state index is 13.2. The smallest absolute Gasteiger partial charge is 0.137 e. The number of nitrogens with zero attached hydrogens (tertiary/aromatic N) is 1. The number of nitrogen functional groups attached to an aromatic ring is 1. The molecule has 0 aliphatic rings. The molecule has 0 atom stereocenters. The van der Waals surface area contributed by atoms with Crippen LogP contribution in [0.3, 0.4) is 0 Å². The highest BCUT2D eigenvalue weighted by Crippen LogP contribution is 2.30. The molecule has 5 heteroatoms. The molecule has 0 unspecified atom stereocenters. The predicted octanol–water partition coefficient (Wildman–Crippen LogP) is 4.46. The van der Waals surface area contributed by atoms with Crippen LogP contribution in [0.4, 0.5) is 21.5 Å². The van der Waals surface area contributed by atoms with Crippen molar-refractivity contribution in [3.05, 3.63) is 59.0 Å². The molecule has 3 aromatic rings. The molecule has 3 N–H and O–H groups in total. The summed E-state index contributed by atoms with van der Waals surface area (Å²) in [4.78, 5) is 4.28. The number of pyridine rings is 1. The van der Waals surface area contributed by atoms with E-state index in [0.29, 0.717) is 10.2 Å². The molecule has 1 aromatic heterocycles. The Morgan fingerprint density at radius 1 is 1.15 bits per heavy atom. The van der Waals surface area contributed by atoms with E-state index in [1.165, 1.54) is 6.07 Å². The topological polar surface area (TPSA) is 50.9 Å². The molecule has 3 nitrogen and oxygen atoms in total. The first-order valence-electron chi connectivity index (χ1n) is 6.00. The number of fused-ring (bicyclic) bond motifs is 1. The van der Waals surface area contributed by atoms with Crippen LogP contribution in [0.2, 0.25) is 0 Å². The van der Waals surface area contributed by atoms with Crippen LogP contribution in [-0.4, -0.2) is 4.98 Å². The number of nitrogens with one attached hydrogen (secondary N) is 1. The molecule has 2 aromatic carbocycles. The number of benzene rings is 2. The summed E-state index contributed by atoms with van der Waals surface area (Å²) >= 11 is 3.17. The Balaban J connectivity index is 2.06. The molecule has 20 heavy (non-hydrogen) atoms. The van der Waals surface area contributed by atoms with Gasteiger partial charge in [-0.2, -0.15) is 0 Å². The summed E-state index contributed by atoms with van der Waals surface area (Å²) in [7, 11) is 0. The van der Waals surface area contributed by atoms with Crippen molar-refractivity contribution in [1.29, 1.82) is 0 Å². The van der Waals surface area contributed by atoms with E-state index in [0.717, 1.165) is 22.3 Å². The van der Waals surface area contributed by atoms with Gasteiger partial charge in [-0.1, -0.05) is 0 Å². The monoisotopic (exact) mass is 331 g/mol. The fourth-order valence-corrected chi connectivity index (χ4v) is 2.41. The van der Waals surface area contributed by atoms with Gasteiger partial charge in [0.2, 0.25) is 0 Å². The van der Waals surface area contributed by atoms with E-state index in [-0.39, 0.29) is 5.82 Å². The van der Waals surface area contributed by atoms with E-state index in [1.807, 2.05) is 18.2 Å². The van der Waals surface area contributed by atoms with Gasteiger partial charge < -0.3 is 11.1 Å². The van der Waals surface area contributed by atoms with Crippen LogP contribution >= 0.6 is 15.9 Å². The lowest BCUT2D eigenvalue weighted by atomic mass is 10.1. The Morgan fingerprint density at radius 2 is 2.00 bits per heavy atom. The lowest BCUT2D eigenvalue weighted by Crippen LogP contribution is -1.95. The van der Waals surface area contributed by atoms with E-state index < -0.39 is 0 Å². The minimum Gasteiger partial charge on any atom is -0.397 e. The van der Waals surface area contributed by atoms with Gasteiger partial charge in [0.25, 0.3) is 0 Å². The number of aromatic nitrogens is 1. The molecule has 0 saturated heterocycles. The molecule has 0 radical (unpaired) electrons. The SMILES string of the molecule is Nc1ccc(Nc2ccc(F)c(Br)c2)c2cccnc12. The molecule has 3 rings (SSSR count). The predicted molar refractivity (Wildman–Crippen MR) is 83.5 cm³/mol. The molecule has 0 aliphatic heterocycles. The Kier molecular flexibility index (Phi) is 3.28. The van der Waals surface area contributed by atoms with Crippen molar-refractivity contribution in [1.82, 2.24) is 4.98 Å². The first kappa shape index (κ1) is 12.9. The zero-order valence-corrected chi connectivity index (χ0v) is 12.0. The molecule has 0 amide bonds. The number of hydrogen-bond acceptors (Lipinski definition) is 3. The van der Waals surface area contributed by atoms with Crippen molar-refractivity contribution < 1.29 is 4.39 Å². The van der Waals surface area contributed by atoms with Crippen molar-refractivity contribution in [2.45, 2.75) is 0 Å². The molecule has 0 fully saturated rings. The first-order valence-corrected chi connectivity index (χ1v) is 6.80. The van der Waals surface area contributed by atoms with Gasteiger partial charge in [-0.25, -0.2) is 4.39 Å². The van der Waals surface area contributed by atoms with Gasteiger partial charge in [-0.05, 0) is 58.4 Å². The molecular weight excluding hydrogens is 321 g/mol. The highest BCUT2D eigenvalue weighted by Gasteiger charge is 2.06. The second-order valence-corrected chi connectivity index (χ2v) is 5.21. The van der Waals surface area contributed by atoms with Crippen molar-refractivity contribution in [3.63, 3.8) is 0 Å². The number of hydrogen-bond donors (Lipinski definition) is 2. The average molecular weight is 332 g/mol. The minimum absolute atomic E-state index is 0.292. The van der Waals surface area contributed by atoms with Crippen molar-refractivity contribution >= 4 is 43.9 Å². The van der Waals surface area contributed by atoms with Gasteiger partial charge in [-0.15, -0.1) is 0 Å². The van der Waals surface area contributed by atoms with Crippen molar-refractivity contribution in [3.8, 4) is 0 Å². The standard InChI is InChI=1S/C15H11BrFN3/c16-11-8-9(3-4-12(11)17)20-14-6-5-13(18)15-10(14)2-1-7-19-15/h1-8,20H,18H2. The fraction of sp³-hybridized carbons (Fsp3) is 0. The largest absolute Gasteiger partial charge is 0.397 e. The Hall–Kier alpha value is -2.14. The molecule has 100 valence electrons. The van der Waals surface area contributed by atoms with E-state index in [9.17, 15) is 4.39 Å². The molecule has 0 aliphatic carbocycles. The number of halogens is 2. The van der Waals surface area contributed by atoms with Gasteiger partial charge in [0.05, 0.1) is 15.7 Å². The van der Waals surface area contributed by atoms with Crippen molar-refractivity contribution in [2.75, 3.05) is 11.1 Å². The number of anilines is 3. The minimum atomic E-state index is -0.292. The average Bonchev–Trinajstić information content (AvgIpc) is 2.46. The van der Waals surface area contributed by atoms with Gasteiger partial charge in [-0.3, -0.25) is 4.98 Å². The summed E-state index contributed by atoms with van der Waals surface area (Å²) in [6.07, 6.45) is 1.71. The lowest BCUT2D eigenvalue weighted by Gasteiger charge is -2.11.